The average molecular weight is 433 g/mol. The van der Waals surface area contributed by atoms with Crippen LogP contribution in [0, 0.1) is 5.82 Å². The van der Waals surface area contributed by atoms with Gasteiger partial charge in [-0.1, -0.05) is 77.8 Å². The molecule has 0 fully saturated rings. The molecule has 0 N–H and O–H groups in total. The lowest BCUT2D eigenvalue weighted by molar-refractivity contribution is 0.536. The summed E-state index contributed by atoms with van der Waals surface area (Å²) in [6, 6.07) is 22.2. The molecule has 0 bridgehead atoms. The van der Waals surface area contributed by atoms with Gasteiger partial charge >= 0.3 is 0 Å². The molecule has 0 saturated heterocycles. The van der Waals surface area contributed by atoms with Crippen LogP contribution in [0.5, 0.6) is 0 Å². The Labute approximate surface area is 181 Å². The fourth-order valence-corrected chi connectivity index (χ4v) is 3.85. The minimum atomic E-state index is -2.18. The molecule has 0 saturated carbocycles. The van der Waals surface area contributed by atoms with Gasteiger partial charge in [0.15, 0.2) is 0 Å². The van der Waals surface area contributed by atoms with Gasteiger partial charge in [0.2, 0.25) is 0 Å². The molecule has 31 heavy (non-hydrogen) atoms. The van der Waals surface area contributed by atoms with Crippen molar-refractivity contribution in [3.8, 4) is 22.3 Å². The topological polar surface area (TPSA) is 75.0 Å². The van der Waals surface area contributed by atoms with Crippen molar-refractivity contribution >= 4 is 11.1 Å². The van der Waals surface area contributed by atoms with Gasteiger partial charge < -0.3 is 4.55 Å². The number of benzene rings is 3. The Hall–Kier alpha value is -3.42. The molecule has 1 unspecified atom stereocenters. The molecule has 4 rings (SSSR count). The molecular formula is C24H18FN2O3S-. The Bertz CT molecular complexity index is 1270. The van der Waals surface area contributed by atoms with Gasteiger partial charge in [0.05, 0.1) is 18.3 Å². The maximum absolute atomic E-state index is 13.5. The molecule has 0 aliphatic rings. The van der Waals surface area contributed by atoms with E-state index in [-0.39, 0.29) is 17.1 Å². The van der Waals surface area contributed by atoms with Gasteiger partial charge in [-0.3, -0.25) is 9.00 Å². The van der Waals surface area contributed by atoms with E-state index in [1.165, 1.54) is 16.8 Å². The van der Waals surface area contributed by atoms with Crippen LogP contribution in [0.2, 0.25) is 0 Å². The second-order valence-electron chi connectivity index (χ2n) is 7.03. The van der Waals surface area contributed by atoms with Crippen LogP contribution in [0.3, 0.4) is 0 Å². The van der Waals surface area contributed by atoms with Crippen LogP contribution in [-0.4, -0.2) is 18.5 Å². The van der Waals surface area contributed by atoms with Crippen molar-refractivity contribution in [3.63, 3.8) is 0 Å². The highest BCUT2D eigenvalue weighted by molar-refractivity contribution is 7.78. The molecule has 0 aliphatic carbocycles. The molecule has 5 nitrogen and oxygen atoms in total. The van der Waals surface area contributed by atoms with Crippen LogP contribution in [0.4, 0.5) is 4.39 Å². The van der Waals surface area contributed by atoms with Gasteiger partial charge in [-0.15, -0.1) is 0 Å². The van der Waals surface area contributed by atoms with E-state index in [1.54, 1.807) is 42.6 Å². The van der Waals surface area contributed by atoms with Crippen molar-refractivity contribution in [3.05, 3.63) is 112 Å². The summed E-state index contributed by atoms with van der Waals surface area (Å²) < 4.78 is 36.8. The Kier molecular flexibility index (Phi) is 6.16. The number of halogens is 1. The molecule has 0 spiro atoms. The van der Waals surface area contributed by atoms with Gasteiger partial charge in [-0.2, -0.15) is 5.10 Å². The van der Waals surface area contributed by atoms with E-state index >= 15 is 0 Å². The third-order valence-electron chi connectivity index (χ3n) is 4.90. The van der Waals surface area contributed by atoms with E-state index in [2.05, 4.69) is 5.10 Å². The standard InChI is InChI=1S/C24H19FN2O3S/c25-21-12-10-20(11-13-21)23-22(19-8-6-18(7-9-19)16-31(29)30)14-26-27(24(23)28)15-17-4-2-1-3-5-17/h1-14H,15-16H2,(H,29,30)/p-1. The van der Waals surface area contributed by atoms with E-state index in [9.17, 15) is 17.9 Å². The van der Waals surface area contributed by atoms with E-state index in [4.69, 9.17) is 0 Å². The van der Waals surface area contributed by atoms with Crippen molar-refractivity contribution in [1.29, 1.82) is 0 Å². The first-order valence-electron chi connectivity index (χ1n) is 9.56. The molecule has 0 amide bonds. The number of hydrogen-bond donors (Lipinski definition) is 0. The van der Waals surface area contributed by atoms with E-state index in [1.807, 2.05) is 30.3 Å². The van der Waals surface area contributed by atoms with Crippen LogP contribution >= 0.6 is 0 Å². The minimum absolute atomic E-state index is 0.0813. The summed E-state index contributed by atoms with van der Waals surface area (Å²) >= 11 is -2.18. The lowest BCUT2D eigenvalue weighted by Gasteiger charge is -2.13. The molecule has 1 heterocycles. The van der Waals surface area contributed by atoms with Crippen molar-refractivity contribution in [2.45, 2.75) is 12.3 Å². The van der Waals surface area contributed by atoms with Gasteiger partial charge in [-0.25, -0.2) is 9.07 Å². The first-order chi connectivity index (χ1) is 15.0. The Morgan fingerprint density at radius 2 is 1.52 bits per heavy atom. The van der Waals surface area contributed by atoms with Crippen molar-refractivity contribution in [2.24, 2.45) is 0 Å². The monoisotopic (exact) mass is 433 g/mol. The summed E-state index contributed by atoms with van der Waals surface area (Å²) in [4.78, 5) is 13.4. The smallest absolute Gasteiger partial charge is 0.275 e. The van der Waals surface area contributed by atoms with E-state index in [0.29, 0.717) is 28.8 Å². The van der Waals surface area contributed by atoms with Crippen LogP contribution in [0.15, 0.2) is 89.9 Å². The van der Waals surface area contributed by atoms with Crippen LogP contribution in [0.25, 0.3) is 22.3 Å². The predicted molar refractivity (Wildman–Crippen MR) is 117 cm³/mol. The maximum atomic E-state index is 13.5. The molecule has 1 atom stereocenters. The highest BCUT2D eigenvalue weighted by atomic mass is 32.2. The third-order valence-corrected chi connectivity index (χ3v) is 5.47. The number of hydrogen-bond acceptors (Lipinski definition) is 4. The molecular weight excluding hydrogens is 415 g/mol. The zero-order chi connectivity index (χ0) is 21.8. The Morgan fingerprint density at radius 1 is 0.871 bits per heavy atom. The maximum Gasteiger partial charge on any atom is 0.275 e. The van der Waals surface area contributed by atoms with Gasteiger partial charge in [-0.05, 0) is 34.4 Å². The summed E-state index contributed by atoms with van der Waals surface area (Å²) in [5, 5.41) is 4.36. The summed E-state index contributed by atoms with van der Waals surface area (Å²) in [6.45, 7) is 0.308. The highest BCUT2D eigenvalue weighted by Gasteiger charge is 2.16. The summed E-state index contributed by atoms with van der Waals surface area (Å²) in [7, 11) is 0. The first-order valence-corrected chi connectivity index (χ1v) is 10.8. The normalized spacial score (nSPS) is 11.9. The molecule has 156 valence electrons. The lowest BCUT2D eigenvalue weighted by atomic mass is 9.96. The first kappa shape index (κ1) is 20.8. The van der Waals surface area contributed by atoms with E-state index < -0.39 is 11.1 Å². The van der Waals surface area contributed by atoms with Crippen molar-refractivity contribution < 1.29 is 13.2 Å². The summed E-state index contributed by atoms with van der Waals surface area (Å²) in [5.74, 6) is -0.471. The third kappa shape index (κ3) is 4.84. The van der Waals surface area contributed by atoms with Gasteiger partial charge in [0, 0.05) is 11.3 Å². The predicted octanol–water partition coefficient (Wildman–Crippen LogP) is 4.14. The lowest BCUT2D eigenvalue weighted by Crippen LogP contribution is -2.25. The van der Waals surface area contributed by atoms with Crippen LogP contribution < -0.4 is 5.56 Å². The highest BCUT2D eigenvalue weighted by Crippen LogP contribution is 2.29. The molecule has 4 aromatic rings. The fraction of sp³-hybridized carbons (Fsp3) is 0.0833. The van der Waals surface area contributed by atoms with Gasteiger partial charge in [0.25, 0.3) is 5.56 Å². The zero-order valence-corrected chi connectivity index (χ0v) is 17.2. The Morgan fingerprint density at radius 3 is 2.16 bits per heavy atom. The summed E-state index contributed by atoms with van der Waals surface area (Å²) in [6.07, 6.45) is 1.61. The Balaban J connectivity index is 1.82. The molecule has 1 aromatic heterocycles. The van der Waals surface area contributed by atoms with Gasteiger partial charge in [0.1, 0.15) is 5.82 Å². The zero-order valence-electron chi connectivity index (χ0n) is 16.4. The average Bonchev–Trinajstić information content (AvgIpc) is 2.77. The second kappa shape index (κ2) is 9.16. The van der Waals surface area contributed by atoms with Crippen LogP contribution in [0.1, 0.15) is 11.1 Å². The minimum Gasteiger partial charge on any atom is -0.772 e. The number of aromatic nitrogens is 2. The SMILES string of the molecule is O=c1c(-c2ccc(F)cc2)c(-c2ccc(CS(=O)[O-])cc2)cnn1Cc1ccccc1. The molecule has 0 radical (unpaired) electrons. The quantitative estimate of drug-likeness (QED) is 0.428. The van der Waals surface area contributed by atoms with Crippen molar-refractivity contribution in [1.82, 2.24) is 9.78 Å². The summed E-state index contributed by atoms with van der Waals surface area (Å²) in [5.41, 5.74) is 3.58. The molecule has 7 heteroatoms. The molecule has 0 aliphatic heterocycles. The molecule has 3 aromatic carbocycles. The van der Waals surface area contributed by atoms with E-state index in [0.717, 1.165) is 11.1 Å². The number of rotatable bonds is 6. The van der Waals surface area contributed by atoms with Crippen LogP contribution in [-0.2, 0) is 23.4 Å². The largest absolute Gasteiger partial charge is 0.772 e. The van der Waals surface area contributed by atoms with Crippen molar-refractivity contribution in [2.75, 3.05) is 0 Å². The second-order valence-corrected chi connectivity index (χ2v) is 7.93. The fourth-order valence-electron chi connectivity index (χ4n) is 3.39. The number of nitrogens with zero attached hydrogens (tertiary/aromatic N) is 2.